The Morgan fingerprint density at radius 1 is 1.41 bits per heavy atom. The summed E-state index contributed by atoms with van der Waals surface area (Å²) in [6, 6.07) is 10.7. The summed E-state index contributed by atoms with van der Waals surface area (Å²) >= 11 is 0. The van der Waals surface area contributed by atoms with Crippen LogP contribution in [0.3, 0.4) is 0 Å². The van der Waals surface area contributed by atoms with Gasteiger partial charge in [-0.15, -0.1) is 0 Å². The lowest BCUT2D eigenvalue weighted by atomic mass is 9.95. The topological polar surface area (TPSA) is 24.5 Å². The zero-order chi connectivity index (χ0) is 11.7. The van der Waals surface area contributed by atoms with Gasteiger partial charge in [0.05, 0.1) is 5.60 Å². The predicted molar refractivity (Wildman–Crippen MR) is 67.8 cm³/mol. The molecule has 0 radical (unpaired) electrons. The van der Waals surface area contributed by atoms with Gasteiger partial charge in [0.1, 0.15) is 0 Å². The molecule has 0 spiro atoms. The van der Waals surface area contributed by atoms with E-state index in [1.165, 1.54) is 5.56 Å². The molecule has 1 aromatic rings. The molecule has 1 aromatic carbocycles. The molecule has 1 N–H and O–H groups in total. The minimum atomic E-state index is 0.0643. The smallest absolute Gasteiger partial charge is 0.0980 e. The molecule has 2 atom stereocenters. The fourth-order valence-corrected chi connectivity index (χ4v) is 3.22. The van der Waals surface area contributed by atoms with Crippen molar-refractivity contribution in [3.8, 4) is 0 Å². The van der Waals surface area contributed by atoms with Gasteiger partial charge in [0.2, 0.25) is 0 Å². The zero-order valence-electron chi connectivity index (χ0n) is 10.4. The molecular weight excluding hydrogens is 212 g/mol. The number of fused-ring (bicyclic) bond motifs is 1. The molecule has 0 bridgehead atoms. The van der Waals surface area contributed by atoms with E-state index in [1.807, 2.05) is 7.11 Å². The first-order chi connectivity index (χ1) is 8.32. The second-order valence-corrected chi connectivity index (χ2v) is 5.25. The summed E-state index contributed by atoms with van der Waals surface area (Å²) in [5.41, 5.74) is 1.46. The lowest BCUT2D eigenvalue weighted by Gasteiger charge is -2.26. The van der Waals surface area contributed by atoms with E-state index in [0.29, 0.717) is 5.92 Å². The van der Waals surface area contributed by atoms with Crippen LogP contribution in [-0.4, -0.2) is 43.8 Å². The highest BCUT2D eigenvalue weighted by Gasteiger charge is 2.49. The van der Waals surface area contributed by atoms with Crippen LogP contribution in [0.15, 0.2) is 30.3 Å². The first kappa shape index (κ1) is 11.2. The van der Waals surface area contributed by atoms with E-state index in [-0.39, 0.29) is 5.60 Å². The number of hydrogen-bond acceptors (Lipinski definition) is 3. The Kier molecular flexibility index (Phi) is 2.90. The fourth-order valence-electron chi connectivity index (χ4n) is 3.22. The average Bonchev–Trinajstić information content (AvgIpc) is 2.87. The van der Waals surface area contributed by atoms with Crippen molar-refractivity contribution in [2.45, 2.75) is 12.1 Å². The molecule has 3 rings (SSSR count). The Balaban J connectivity index is 1.68. The maximum atomic E-state index is 5.79. The van der Waals surface area contributed by atoms with Gasteiger partial charge in [0.15, 0.2) is 0 Å². The summed E-state index contributed by atoms with van der Waals surface area (Å²) < 4.78 is 5.79. The molecule has 2 aliphatic rings. The third-order valence-corrected chi connectivity index (χ3v) is 4.18. The fraction of sp³-hybridized carbons (Fsp3) is 0.571. The van der Waals surface area contributed by atoms with Crippen LogP contribution in [0, 0.1) is 5.92 Å². The van der Waals surface area contributed by atoms with Crippen LogP contribution in [0.2, 0.25) is 0 Å². The number of ether oxygens (including phenoxy) is 1. The molecule has 92 valence electrons. The normalized spacial score (nSPS) is 32.9. The number of methoxy groups -OCH3 is 1. The van der Waals surface area contributed by atoms with Crippen molar-refractivity contribution in [2.75, 3.05) is 33.3 Å². The van der Waals surface area contributed by atoms with E-state index in [0.717, 1.165) is 32.7 Å². The minimum Gasteiger partial charge on any atom is -0.375 e. The molecule has 0 amide bonds. The van der Waals surface area contributed by atoms with E-state index in [1.54, 1.807) is 0 Å². The van der Waals surface area contributed by atoms with Crippen LogP contribution in [0.25, 0.3) is 0 Å². The van der Waals surface area contributed by atoms with Crippen molar-refractivity contribution in [1.29, 1.82) is 0 Å². The Morgan fingerprint density at radius 2 is 2.24 bits per heavy atom. The van der Waals surface area contributed by atoms with Gasteiger partial charge < -0.3 is 10.1 Å². The largest absolute Gasteiger partial charge is 0.375 e. The molecule has 17 heavy (non-hydrogen) atoms. The lowest BCUT2D eigenvalue weighted by Crippen LogP contribution is -2.41. The van der Waals surface area contributed by atoms with Crippen molar-refractivity contribution in [3.63, 3.8) is 0 Å². The van der Waals surface area contributed by atoms with Crippen LogP contribution in [0.4, 0.5) is 0 Å². The summed E-state index contributed by atoms with van der Waals surface area (Å²) in [7, 11) is 1.85. The summed E-state index contributed by atoms with van der Waals surface area (Å²) in [6.07, 6.45) is 0. The summed E-state index contributed by atoms with van der Waals surface area (Å²) in [4.78, 5) is 2.52. The highest BCUT2D eigenvalue weighted by Crippen LogP contribution is 2.34. The molecule has 0 saturated carbocycles. The van der Waals surface area contributed by atoms with Crippen molar-refractivity contribution < 1.29 is 4.74 Å². The van der Waals surface area contributed by atoms with Gasteiger partial charge in [-0.05, 0) is 5.56 Å². The number of nitrogens with one attached hydrogen (secondary N) is 1. The molecule has 0 aromatic heterocycles. The Morgan fingerprint density at radius 3 is 2.94 bits per heavy atom. The van der Waals surface area contributed by atoms with Gasteiger partial charge in [0, 0.05) is 45.8 Å². The molecule has 3 nitrogen and oxygen atoms in total. The quantitative estimate of drug-likeness (QED) is 0.845. The molecule has 2 unspecified atom stereocenters. The highest BCUT2D eigenvalue weighted by atomic mass is 16.5. The van der Waals surface area contributed by atoms with E-state index < -0.39 is 0 Å². The third-order valence-electron chi connectivity index (χ3n) is 4.18. The van der Waals surface area contributed by atoms with Crippen LogP contribution >= 0.6 is 0 Å². The number of hydrogen-bond donors (Lipinski definition) is 1. The van der Waals surface area contributed by atoms with Crippen LogP contribution < -0.4 is 5.32 Å². The number of benzene rings is 1. The number of nitrogens with zero attached hydrogens (tertiary/aromatic N) is 1. The van der Waals surface area contributed by atoms with Gasteiger partial charge >= 0.3 is 0 Å². The average molecular weight is 232 g/mol. The van der Waals surface area contributed by atoms with Crippen molar-refractivity contribution in [3.05, 3.63) is 35.9 Å². The molecular formula is C14H20N2O. The van der Waals surface area contributed by atoms with E-state index in [4.69, 9.17) is 4.74 Å². The van der Waals surface area contributed by atoms with Gasteiger partial charge in [-0.25, -0.2) is 0 Å². The van der Waals surface area contributed by atoms with Crippen LogP contribution in [-0.2, 0) is 11.3 Å². The lowest BCUT2D eigenvalue weighted by molar-refractivity contribution is -0.00608. The van der Waals surface area contributed by atoms with E-state index in [2.05, 4.69) is 40.5 Å². The third kappa shape index (κ3) is 1.99. The minimum absolute atomic E-state index is 0.0643. The number of likely N-dealkylation sites (tertiary alicyclic amines) is 1. The molecule has 2 heterocycles. The van der Waals surface area contributed by atoms with Crippen molar-refractivity contribution in [1.82, 2.24) is 10.2 Å². The van der Waals surface area contributed by atoms with E-state index in [9.17, 15) is 0 Å². The second kappa shape index (κ2) is 4.41. The van der Waals surface area contributed by atoms with Crippen LogP contribution in [0.1, 0.15) is 5.56 Å². The van der Waals surface area contributed by atoms with Crippen molar-refractivity contribution >= 4 is 0 Å². The van der Waals surface area contributed by atoms with Gasteiger partial charge in [-0.2, -0.15) is 0 Å². The van der Waals surface area contributed by atoms with Gasteiger partial charge in [-0.3, -0.25) is 4.90 Å². The Labute approximate surface area is 103 Å². The maximum Gasteiger partial charge on any atom is 0.0980 e. The SMILES string of the molecule is COC12CNCC1CN(Cc1ccccc1)C2. The second-order valence-electron chi connectivity index (χ2n) is 5.25. The van der Waals surface area contributed by atoms with Crippen molar-refractivity contribution in [2.24, 2.45) is 5.92 Å². The monoisotopic (exact) mass is 232 g/mol. The molecule has 2 saturated heterocycles. The number of rotatable bonds is 3. The standard InChI is InChI=1S/C14H20N2O/c1-17-14-10-15-7-13(14)9-16(11-14)8-12-5-3-2-4-6-12/h2-6,13,15H,7-11H2,1H3. The summed E-state index contributed by atoms with van der Waals surface area (Å²) in [5.74, 6) is 0.649. The summed E-state index contributed by atoms with van der Waals surface area (Å²) in [5, 5.41) is 3.45. The van der Waals surface area contributed by atoms with E-state index >= 15 is 0 Å². The Hall–Kier alpha value is -0.900. The molecule has 2 aliphatic heterocycles. The van der Waals surface area contributed by atoms with Gasteiger partial charge in [-0.1, -0.05) is 30.3 Å². The van der Waals surface area contributed by atoms with Gasteiger partial charge in [0.25, 0.3) is 0 Å². The molecule has 3 heteroatoms. The molecule has 2 fully saturated rings. The summed E-state index contributed by atoms with van der Waals surface area (Å²) in [6.45, 7) is 5.34. The van der Waals surface area contributed by atoms with Crippen LogP contribution in [0.5, 0.6) is 0 Å². The highest BCUT2D eigenvalue weighted by molar-refractivity contribution is 5.16. The maximum absolute atomic E-state index is 5.79. The predicted octanol–water partition coefficient (Wildman–Crippen LogP) is 1.11. The Bertz CT molecular complexity index is 381. The first-order valence-corrected chi connectivity index (χ1v) is 6.34. The molecule has 0 aliphatic carbocycles. The zero-order valence-corrected chi connectivity index (χ0v) is 10.4. The first-order valence-electron chi connectivity index (χ1n) is 6.34.